The minimum atomic E-state index is -0.876. The minimum absolute atomic E-state index is 0.415. The number of nitrogens with zero attached hydrogens (tertiary/aromatic N) is 4. The van der Waals surface area contributed by atoms with Crippen molar-refractivity contribution in [1.82, 2.24) is 24.9 Å². The molecule has 3 N–H and O–H groups in total. The van der Waals surface area contributed by atoms with Gasteiger partial charge in [0.25, 0.3) is 5.78 Å². The van der Waals surface area contributed by atoms with Gasteiger partial charge in [-0.25, -0.2) is 14.3 Å². The molecule has 0 aliphatic heterocycles. The van der Waals surface area contributed by atoms with Crippen LogP contribution in [0.4, 0.5) is 4.79 Å². The van der Waals surface area contributed by atoms with Crippen molar-refractivity contribution in [1.29, 1.82) is 0 Å². The maximum Gasteiger partial charge on any atom is 0.318 e. The Hall–Kier alpha value is -2.16. The van der Waals surface area contributed by atoms with E-state index in [1.165, 1.54) is 0 Å². The fourth-order valence-corrected chi connectivity index (χ4v) is 2.38. The number of primary amides is 1. The Morgan fingerprint density at radius 1 is 1.40 bits per heavy atom. The molecular weight excluding hydrogens is 280 g/mol. The molecule has 106 valence electrons. The molecule has 2 rings (SSSR count). The highest BCUT2D eigenvalue weighted by Gasteiger charge is 2.19. The molecular formula is C11H14N6O2S. The number of nitrogens with one attached hydrogen (secondary N) is 1. The van der Waals surface area contributed by atoms with Gasteiger partial charge in [0.05, 0.1) is 5.25 Å². The highest BCUT2D eigenvalue weighted by Crippen LogP contribution is 2.20. The maximum absolute atomic E-state index is 11.6. The van der Waals surface area contributed by atoms with E-state index >= 15 is 0 Å². The standard InChI is InChI=1S/C11H14N6O2S/c1-5-4-6(2)17-10(13-5)15-11(16-17)20-7(3)8(18)14-9(12)19/h4,7H,1-3H3,(H3,12,14,18,19)/t7-/m1/s1. The molecule has 0 aliphatic carbocycles. The van der Waals surface area contributed by atoms with E-state index in [1.54, 1.807) is 11.4 Å². The number of imide groups is 1. The fraction of sp³-hybridized carbons (Fsp3) is 0.364. The molecule has 0 aromatic carbocycles. The maximum atomic E-state index is 11.6. The molecule has 0 bridgehead atoms. The smallest absolute Gasteiger partial charge is 0.318 e. The normalized spacial score (nSPS) is 12.3. The number of hydrogen-bond acceptors (Lipinski definition) is 6. The first kappa shape index (κ1) is 14.3. The number of amides is 3. The lowest BCUT2D eigenvalue weighted by Crippen LogP contribution is -2.39. The second-order valence-electron chi connectivity index (χ2n) is 4.26. The van der Waals surface area contributed by atoms with Crippen LogP contribution in [0.15, 0.2) is 11.2 Å². The van der Waals surface area contributed by atoms with Gasteiger partial charge in [-0.2, -0.15) is 4.98 Å². The zero-order valence-electron chi connectivity index (χ0n) is 11.2. The first-order valence-electron chi connectivity index (χ1n) is 5.85. The van der Waals surface area contributed by atoms with Gasteiger partial charge in [0.1, 0.15) is 0 Å². The Kier molecular flexibility index (Phi) is 3.89. The molecule has 0 saturated heterocycles. The quantitative estimate of drug-likeness (QED) is 0.792. The van der Waals surface area contributed by atoms with Crippen molar-refractivity contribution < 1.29 is 9.59 Å². The van der Waals surface area contributed by atoms with Gasteiger partial charge in [0, 0.05) is 11.4 Å². The molecule has 20 heavy (non-hydrogen) atoms. The van der Waals surface area contributed by atoms with Gasteiger partial charge in [0.15, 0.2) is 0 Å². The topological polar surface area (TPSA) is 115 Å². The van der Waals surface area contributed by atoms with Crippen LogP contribution >= 0.6 is 11.8 Å². The Balaban J connectivity index is 2.20. The molecule has 9 heteroatoms. The first-order valence-corrected chi connectivity index (χ1v) is 6.73. The molecule has 0 radical (unpaired) electrons. The third-order valence-electron chi connectivity index (χ3n) is 2.50. The van der Waals surface area contributed by atoms with Crippen molar-refractivity contribution in [2.45, 2.75) is 31.2 Å². The summed E-state index contributed by atoms with van der Waals surface area (Å²) in [6, 6.07) is 1.01. The number of carbonyl (C=O) groups excluding carboxylic acids is 2. The van der Waals surface area contributed by atoms with Crippen LogP contribution in [0.1, 0.15) is 18.3 Å². The summed E-state index contributed by atoms with van der Waals surface area (Å²) in [6.45, 7) is 5.41. The summed E-state index contributed by atoms with van der Waals surface area (Å²) in [5, 5.41) is 6.16. The average molecular weight is 294 g/mol. The van der Waals surface area contributed by atoms with E-state index in [4.69, 9.17) is 5.73 Å². The number of fused-ring (bicyclic) bond motifs is 1. The summed E-state index contributed by atoms with van der Waals surface area (Å²) in [7, 11) is 0. The third kappa shape index (κ3) is 3.05. The van der Waals surface area contributed by atoms with Gasteiger partial charge in [0.2, 0.25) is 11.1 Å². The molecule has 0 fully saturated rings. The van der Waals surface area contributed by atoms with E-state index in [0.717, 1.165) is 23.1 Å². The van der Waals surface area contributed by atoms with Crippen molar-refractivity contribution in [3.05, 3.63) is 17.5 Å². The van der Waals surface area contributed by atoms with Crippen LogP contribution in [0.25, 0.3) is 5.78 Å². The number of rotatable bonds is 3. The van der Waals surface area contributed by atoms with Gasteiger partial charge in [-0.1, -0.05) is 11.8 Å². The Bertz CT molecular complexity index is 683. The van der Waals surface area contributed by atoms with Crippen molar-refractivity contribution >= 4 is 29.5 Å². The lowest BCUT2D eigenvalue weighted by molar-refractivity contribution is -0.119. The Morgan fingerprint density at radius 2 is 2.10 bits per heavy atom. The van der Waals surface area contributed by atoms with Crippen molar-refractivity contribution in [2.75, 3.05) is 0 Å². The number of nitrogens with two attached hydrogens (primary N) is 1. The minimum Gasteiger partial charge on any atom is -0.351 e. The SMILES string of the molecule is Cc1cc(C)n2nc(S[C@H](C)C(=O)NC(N)=O)nc2n1. The van der Waals surface area contributed by atoms with E-state index in [0.29, 0.717) is 10.9 Å². The van der Waals surface area contributed by atoms with E-state index < -0.39 is 17.2 Å². The molecule has 0 saturated carbocycles. The van der Waals surface area contributed by atoms with Gasteiger partial charge >= 0.3 is 6.03 Å². The van der Waals surface area contributed by atoms with E-state index in [9.17, 15) is 9.59 Å². The number of urea groups is 1. The van der Waals surface area contributed by atoms with E-state index in [-0.39, 0.29) is 0 Å². The lowest BCUT2D eigenvalue weighted by Gasteiger charge is -2.06. The molecule has 8 nitrogen and oxygen atoms in total. The van der Waals surface area contributed by atoms with Crippen LogP contribution in [0, 0.1) is 13.8 Å². The zero-order chi connectivity index (χ0) is 14.9. The third-order valence-corrected chi connectivity index (χ3v) is 3.45. The van der Waals surface area contributed by atoms with Gasteiger partial charge < -0.3 is 5.73 Å². The largest absolute Gasteiger partial charge is 0.351 e. The second kappa shape index (κ2) is 5.45. The predicted molar refractivity (Wildman–Crippen MR) is 73.3 cm³/mol. The highest BCUT2D eigenvalue weighted by atomic mass is 32.2. The first-order chi connectivity index (χ1) is 9.36. The number of aromatic nitrogens is 4. The van der Waals surface area contributed by atoms with Crippen molar-refractivity contribution in [2.24, 2.45) is 5.73 Å². The van der Waals surface area contributed by atoms with Crippen LogP contribution in [-0.4, -0.2) is 36.8 Å². The van der Waals surface area contributed by atoms with Crippen LogP contribution in [-0.2, 0) is 4.79 Å². The zero-order valence-corrected chi connectivity index (χ0v) is 12.1. The van der Waals surface area contributed by atoms with E-state index in [2.05, 4.69) is 15.1 Å². The van der Waals surface area contributed by atoms with E-state index in [1.807, 2.05) is 25.2 Å². The highest BCUT2D eigenvalue weighted by molar-refractivity contribution is 8.00. The average Bonchev–Trinajstić information content (AvgIpc) is 2.70. The predicted octanol–water partition coefficient (Wildman–Crippen LogP) is 0.417. The molecule has 2 aromatic heterocycles. The van der Waals surface area contributed by atoms with Crippen molar-refractivity contribution in [3.63, 3.8) is 0 Å². The summed E-state index contributed by atoms with van der Waals surface area (Å²) < 4.78 is 1.61. The molecule has 2 aromatic rings. The lowest BCUT2D eigenvalue weighted by atomic mass is 10.4. The molecule has 0 spiro atoms. The molecule has 0 unspecified atom stereocenters. The number of aryl methyl sites for hydroxylation is 2. The second-order valence-corrected chi connectivity index (χ2v) is 5.57. The van der Waals surface area contributed by atoms with Crippen LogP contribution in [0.2, 0.25) is 0 Å². The van der Waals surface area contributed by atoms with Gasteiger partial charge in [-0.05, 0) is 26.8 Å². The summed E-state index contributed by atoms with van der Waals surface area (Å²) in [5.41, 5.74) is 6.65. The van der Waals surface area contributed by atoms with Crippen LogP contribution in [0.3, 0.4) is 0 Å². The van der Waals surface area contributed by atoms with Gasteiger partial charge in [-0.15, -0.1) is 5.10 Å². The fourth-order valence-electron chi connectivity index (χ4n) is 1.63. The Morgan fingerprint density at radius 3 is 2.75 bits per heavy atom. The Labute approximate surface area is 119 Å². The molecule has 2 heterocycles. The molecule has 0 aliphatic rings. The summed E-state index contributed by atoms with van der Waals surface area (Å²) in [6.07, 6.45) is 0. The number of thioether (sulfide) groups is 1. The molecule has 1 atom stereocenters. The van der Waals surface area contributed by atoms with Crippen molar-refractivity contribution in [3.8, 4) is 0 Å². The van der Waals surface area contributed by atoms with Gasteiger partial charge in [-0.3, -0.25) is 10.1 Å². The summed E-state index contributed by atoms with van der Waals surface area (Å²) in [4.78, 5) is 30.7. The van der Waals surface area contributed by atoms with Crippen LogP contribution in [0.5, 0.6) is 0 Å². The summed E-state index contributed by atoms with van der Waals surface area (Å²) >= 11 is 1.13. The summed E-state index contributed by atoms with van der Waals surface area (Å²) in [5.74, 6) is -0.00488. The number of hydrogen-bond donors (Lipinski definition) is 2. The van der Waals surface area contributed by atoms with Crippen LogP contribution < -0.4 is 11.1 Å². The monoisotopic (exact) mass is 294 g/mol. The number of carbonyl (C=O) groups is 2. The molecule has 3 amide bonds.